The molecule has 0 spiro atoms. The number of amides is 2. The highest BCUT2D eigenvalue weighted by Crippen LogP contribution is 2.30. The van der Waals surface area contributed by atoms with Gasteiger partial charge in [0.1, 0.15) is 5.75 Å². The van der Waals surface area contributed by atoms with Crippen LogP contribution in [-0.2, 0) is 9.53 Å². The lowest BCUT2D eigenvalue weighted by molar-refractivity contribution is -0.134. The van der Waals surface area contributed by atoms with E-state index in [-0.39, 0.29) is 39.6 Å². The molecule has 0 atom stereocenters. The summed E-state index contributed by atoms with van der Waals surface area (Å²) in [6.07, 6.45) is -0.364. The molecule has 1 saturated heterocycles. The van der Waals surface area contributed by atoms with Crippen molar-refractivity contribution in [3.8, 4) is 5.75 Å². The minimum atomic E-state index is -0.537. The number of morpholine rings is 1. The van der Waals surface area contributed by atoms with Crippen molar-refractivity contribution >= 4 is 33.5 Å². The van der Waals surface area contributed by atoms with Crippen molar-refractivity contribution < 1.29 is 24.2 Å². The first-order valence-corrected chi connectivity index (χ1v) is 7.86. The minimum absolute atomic E-state index is 0.0559. The van der Waals surface area contributed by atoms with Gasteiger partial charge in [-0.1, -0.05) is 0 Å². The molecule has 1 fully saturated rings. The highest BCUT2D eigenvalue weighted by atomic mass is 79.9. The van der Waals surface area contributed by atoms with Crippen LogP contribution in [0.15, 0.2) is 16.6 Å². The smallest absolute Gasteiger partial charge is 0.251 e. The minimum Gasteiger partial charge on any atom is -0.506 e. The van der Waals surface area contributed by atoms with Crippen molar-refractivity contribution in [3.63, 3.8) is 0 Å². The number of ketones is 1. The molecule has 7 nitrogen and oxygen atoms in total. The van der Waals surface area contributed by atoms with E-state index >= 15 is 0 Å². The number of hydrogen-bond acceptors (Lipinski definition) is 5. The van der Waals surface area contributed by atoms with Crippen LogP contribution in [0.3, 0.4) is 0 Å². The van der Waals surface area contributed by atoms with Gasteiger partial charge in [0.2, 0.25) is 5.91 Å². The van der Waals surface area contributed by atoms with E-state index in [1.807, 2.05) is 0 Å². The molecule has 0 aromatic heterocycles. The van der Waals surface area contributed by atoms with Gasteiger partial charge in [-0.15, -0.1) is 0 Å². The number of phenolic OH excluding ortho intramolecular Hbond substituents is 1. The van der Waals surface area contributed by atoms with E-state index in [1.54, 1.807) is 4.90 Å². The van der Waals surface area contributed by atoms with Crippen LogP contribution < -0.4 is 5.32 Å². The van der Waals surface area contributed by atoms with E-state index < -0.39 is 5.78 Å². The molecule has 2 rings (SSSR count). The number of aromatic hydroxyl groups is 1. The predicted molar refractivity (Wildman–Crippen MR) is 85.5 cm³/mol. The fourth-order valence-corrected chi connectivity index (χ4v) is 2.70. The predicted octanol–water partition coefficient (Wildman–Crippen LogP) is 0.946. The summed E-state index contributed by atoms with van der Waals surface area (Å²) in [5, 5.41) is 12.5. The zero-order chi connectivity index (χ0) is 17.0. The standard InChI is InChI=1S/C15H17BrN2O5/c1-17-15(22)9-6-10(14(21)11(16)7-9)12(19)8-13(20)18-2-4-23-5-3-18/h6-7,21H,2-5,8H2,1H3,(H,17,22). The topological polar surface area (TPSA) is 95.9 Å². The molecule has 0 bridgehead atoms. The van der Waals surface area contributed by atoms with Gasteiger partial charge >= 0.3 is 0 Å². The number of phenols is 1. The van der Waals surface area contributed by atoms with Gasteiger partial charge in [0.15, 0.2) is 5.78 Å². The van der Waals surface area contributed by atoms with E-state index in [4.69, 9.17) is 4.74 Å². The molecule has 1 aliphatic rings. The molecule has 1 heterocycles. The van der Waals surface area contributed by atoms with Crippen LogP contribution in [0.2, 0.25) is 0 Å². The fraction of sp³-hybridized carbons (Fsp3) is 0.400. The van der Waals surface area contributed by atoms with E-state index in [0.29, 0.717) is 26.3 Å². The Morgan fingerprint density at radius 2 is 1.96 bits per heavy atom. The number of nitrogens with one attached hydrogen (secondary N) is 1. The lowest BCUT2D eigenvalue weighted by Gasteiger charge is -2.26. The van der Waals surface area contributed by atoms with Crippen LogP contribution in [0, 0.1) is 0 Å². The number of carbonyl (C=O) groups excluding carboxylic acids is 3. The molecular formula is C15H17BrN2O5. The largest absolute Gasteiger partial charge is 0.506 e. The van der Waals surface area contributed by atoms with Gasteiger partial charge in [-0.3, -0.25) is 14.4 Å². The van der Waals surface area contributed by atoms with E-state index in [2.05, 4.69) is 21.2 Å². The number of nitrogens with zero attached hydrogens (tertiary/aromatic N) is 1. The highest BCUT2D eigenvalue weighted by molar-refractivity contribution is 9.10. The Morgan fingerprint density at radius 3 is 2.57 bits per heavy atom. The van der Waals surface area contributed by atoms with Crippen molar-refractivity contribution in [1.82, 2.24) is 10.2 Å². The van der Waals surface area contributed by atoms with Crippen LogP contribution in [0.1, 0.15) is 27.1 Å². The van der Waals surface area contributed by atoms with Crippen molar-refractivity contribution in [1.29, 1.82) is 0 Å². The van der Waals surface area contributed by atoms with Crippen LogP contribution >= 0.6 is 15.9 Å². The Hall–Kier alpha value is -1.93. The molecule has 0 saturated carbocycles. The van der Waals surface area contributed by atoms with Crippen molar-refractivity contribution in [2.24, 2.45) is 0 Å². The molecule has 0 radical (unpaired) electrons. The van der Waals surface area contributed by atoms with Crippen molar-refractivity contribution in [2.75, 3.05) is 33.4 Å². The Bertz CT molecular complexity index is 641. The SMILES string of the molecule is CNC(=O)c1cc(Br)c(O)c(C(=O)CC(=O)N2CCOCC2)c1. The van der Waals surface area contributed by atoms with Gasteiger partial charge in [-0.05, 0) is 28.1 Å². The lowest BCUT2D eigenvalue weighted by atomic mass is 10.0. The Kier molecular flexibility index (Phi) is 5.73. The molecular weight excluding hydrogens is 368 g/mol. The number of carbonyl (C=O) groups is 3. The van der Waals surface area contributed by atoms with Gasteiger partial charge in [-0.25, -0.2) is 0 Å². The Balaban J connectivity index is 2.19. The maximum absolute atomic E-state index is 12.3. The molecule has 1 aromatic carbocycles. The zero-order valence-electron chi connectivity index (χ0n) is 12.6. The van der Waals surface area contributed by atoms with Gasteiger partial charge < -0.3 is 20.1 Å². The van der Waals surface area contributed by atoms with Gasteiger partial charge in [0, 0.05) is 25.7 Å². The average molecular weight is 385 g/mol. The monoisotopic (exact) mass is 384 g/mol. The molecule has 8 heteroatoms. The number of rotatable bonds is 4. The summed E-state index contributed by atoms with van der Waals surface area (Å²) < 4.78 is 5.38. The third-order valence-electron chi connectivity index (χ3n) is 3.53. The molecule has 23 heavy (non-hydrogen) atoms. The van der Waals surface area contributed by atoms with Gasteiger partial charge in [-0.2, -0.15) is 0 Å². The van der Waals surface area contributed by atoms with Crippen LogP contribution in [0.4, 0.5) is 0 Å². The van der Waals surface area contributed by atoms with Crippen LogP contribution in [0.25, 0.3) is 0 Å². The summed E-state index contributed by atoms with van der Waals surface area (Å²) in [6, 6.07) is 2.70. The zero-order valence-corrected chi connectivity index (χ0v) is 14.2. The summed E-state index contributed by atoms with van der Waals surface area (Å²) in [6.45, 7) is 1.78. The fourth-order valence-electron chi connectivity index (χ4n) is 2.24. The molecule has 0 unspecified atom stereocenters. The Labute approximate surface area is 141 Å². The lowest BCUT2D eigenvalue weighted by Crippen LogP contribution is -2.41. The number of ether oxygens (including phenoxy) is 1. The summed E-state index contributed by atoms with van der Waals surface area (Å²) in [5.74, 6) is -1.53. The maximum Gasteiger partial charge on any atom is 0.251 e. The first-order valence-electron chi connectivity index (χ1n) is 7.07. The summed E-state index contributed by atoms with van der Waals surface area (Å²) in [7, 11) is 1.46. The maximum atomic E-state index is 12.3. The van der Waals surface area contributed by atoms with E-state index in [9.17, 15) is 19.5 Å². The van der Waals surface area contributed by atoms with Crippen LogP contribution in [-0.4, -0.2) is 61.0 Å². The quantitative estimate of drug-likeness (QED) is 0.594. The number of Topliss-reactive ketones (excluding diaryl/α,β-unsaturated/α-hetero) is 1. The second kappa shape index (κ2) is 7.56. The second-order valence-corrected chi connectivity index (χ2v) is 5.88. The summed E-state index contributed by atoms with van der Waals surface area (Å²) in [5.41, 5.74) is 0.166. The van der Waals surface area contributed by atoms with E-state index in [0.717, 1.165) is 0 Å². The third-order valence-corrected chi connectivity index (χ3v) is 4.13. The molecule has 124 valence electrons. The highest BCUT2D eigenvalue weighted by Gasteiger charge is 2.23. The normalized spacial score (nSPS) is 14.4. The average Bonchev–Trinajstić information content (AvgIpc) is 2.57. The third kappa shape index (κ3) is 4.08. The molecule has 1 aliphatic heterocycles. The van der Waals surface area contributed by atoms with Crippen molar-refractivity contribution in [3.05, 3.63) is 27.7 Å². The Morgan fingerprint density at radius 1 is 1.30 bits per heavy atom. The first kappa shape index (κ1) is 17.4. The first-order chi connectivity index (χ1) is 10.9. The van der Waals surface area contributed by atoms with Gasteiger partial charge in [0.25, 0.3) is 5.91 Å². The van der Waals surface area contributed by atoms with E-state index in [1.165, 1.54) is 19.2 Å². The molecule has 0 aliphatic carbocycles. The van der Waals surface area contributed by atoms with Crippen LogP contribution in [0.5, 0.6) is 5.75 Å². The molecule has 2 N–H and O–H groups in total. The molecule has 2 amide bonds. The van der Waals surface area contributed by atoms with Crippen molar-refractivity contribution in [2.45, 2.75) is 6.42 Å². The number of halogens is 1. The summed E-state index contributed by atoms with van der Waals surface area (Å²) >= 11 is 3.11. The van der Waals surface area contributed by atoms with Gasteiger partial charge in [0.05, 0.1) is 29.7 Å². The molecule has 1 aromatic rings. The number of hydrogen-bond donors (Lipinski definition) is 2. The summed E-state index contributed by atoms with van der Waals surface area (Å²) in [4.78, 5) is 37.7. The second-order valence-electron chi connectivity index (χ2n) is 5.03. The number of benzene rings is 1.